The molecule has 0 saturated heterocycles. The zero-order valence-corrected chi connectivity index (χ0v) is 8.59. The van der Waals surface area contributed by atoms with Crippen LogP contribution in [0.3, 0.4) is 0 Å². The van der Waals surface area contributed by atoms with E-state index in [1.54, 1.807) is 0 Å². The summed E-state index contributed by atoms with van der Waals surface area (Å²) in [5.41, 5.74) is 3.85. The molecule has 0 amide bonds. The molecule has 1 aromatic rings. The van der Waals surface area contributed by atoms with Crippen molar-refractivity contribution in [1.82, 2.24) is 0 Å². The van der Waals surface area contributed by atoms with Crippen LogP contribution < -0.4 is 5.32 Å². The molecule has 0 radical (unpaired) electrons. The minimum Gasteiger partial charge on any atom is -0.381 e. The van der Waals surface area contributed by atoms with Crippen molar-refractivity contribution in [1.29, 1.82) is 5.26 Å². The number of aryl methyl sites for hydroxylation is 1. The first-order valence-corrected chi connectivity index (χ1v) is 4.52. The normalized spacial score (nSPS) is 9.21. The zero-order valence-electron chi connectivity index (χ0n) is 8.59. The van der Waals surface area contributed by atoms with Crippen molar-refractivity contribution in [2.75, 3.05) is 11.9 Å². The smallest absolute Gasteiger partial charge is 0.0994 e. The number of nitrogens with zero attached hydrogens (tertiary/aromatic N) is 1. The van der Waals surface area contributed by atoms with Gasteiger partial charge in [-0.05, 0) is 37.6 Å². The van der Waals surface area contributed by atoms with Gasteiger partial charge < -0.3 is 5.32 Å². The molecule has 0 aliphatic heterocycles. The van der Waals surface area contributed by atoms with Gasteiger partial charge >= 0.3 is 0 Å². The zero-order chi connectivity index (χ0) is 10.6. The third-order valence-corrected chi connectivity index (χ3v) is 1.94. The molecule has 14 heavy (non-hydrogen) atoms. The Kier molecular flexibility index (Phi) is 3.30. The van der Waals surface area contributed by atoms with E-state index >= 15 is 0 Å². The average molecular weight is 186 g/mol. The minimum absolute atomic E-state index is 0.728. The molecule has 0 unspecified atom stereocenters. The highest BCUT2D eigenvalue weighted by Gasteiger charge is 1.98. The van der Waals surface area contributed by atoms with Crippen LogP contribution in [-0.2, 0) is 0 Å². The highest BCUT2D eigenvalue weighted by molar-refractivity contribution is 5.52. The second kappa shape index (κ2) is 4.48. The van der Waals surface area contributed by atoms with Crippen molar-refractivity contribution >= 4 is 5.69 Å². The number of rotatable bonds is 3. The summed E-state index contributed by atoms with van der Waals surface area (Å²) in [5, 5.41) is 12.0. The lowest BCUT2D eigenvalue weighted by molar-refractivity contribution is 1.21. The van der Waals surface area contributed by atoms with Crippen LogP contribution in [0.5, 0.6) is 0 Å². The maximum Gasteiger partial charge on any atom is 0.0994 e. The molecule has 0 atom stereocenters. The van der Waals surface area contributed by atoms with E-state index in [1.807, 2.05) is 32.0 Å². The summed E-state index contributed by atoms with van der Waals surface area (Å²) < 4.78 is 0. The number of hydrogen-bond donors (Lipinski definition) is 1. The van der Waals surface area contributed by atoms with Gasteiger partial charge in [0.1, 0.15) is 0 Å². The molecule has 0 saturated carbocycles. The summed E-state index contributed by atoms with van der Waals surface area (Å²) >= 11 is 0. The highest BCUT2D eigenvalue weighted by Crippen LogP contribution is 2.14. The Bertz CT molecular complexity index is 386. The van der Waals surface area contributed by atoms with E-state index in [1.165, 1.54) is 0 Å². The summed E-state index contributed by atoms with van der Waals surface area (Å²) in [5.74, 6) is 0. The van der Waals surface area contributed by atoms with Crippen molar-refractivity contribution in [3.63, 3.8) is 0 Å². The first kappa shape index (κ1) is 10.3. The first-order valence-electron chi connectivity index (χ1n) is 4.52. The molecule has 0 aromatic heterocycles. The quantitative estimate of drug-likeness (QED) is 0.737. The van der Waals surface area contributed by atoms with E-state index in [0.717, 1.165) is 28.9 Å². The molecule has 0 aliphatic carbocycles. The molecule has 1 aromatic carbocycles. The van der Waals surface area contributed by atoms with Crippen molar-refractivity contribution in [3.8, 4) is 6.07 Å². The molecule has 0 aliphatic rings. The Morgan fingerprint density at radius 3 is 2.79 bits per heavy atom. The molecule has 1 N–H and O–H groups in total. The van der Waals surface area contributed by atoms with Crippen LogP contribution >= 0.6 is 0 Å². The van der Waals surface area contributed by atoms with Crippen LogP contribution in [0.2, 0.25) is 0 Å². The van der Waals surface area contributed by atoms with E-state index in [9.17, 15) is 0 Å². The van der Waals surface area contributed by atoms with Crippen LogP contribution in [0.1, 0.15) is 18.1 Å². The van der Waals surface area contributed by atoms with Gasteiger partial charge in [-0.3, -0.25) is 0 Å². The summed E-state index contributed by atoms with van der Waals surface area (Å²) in [4.78, 5) is 0. The van der Waals surface area contributed by atoms with Crippen LogP contribution in [0.15, 0.2) is 30.4 Å². The maximum absolute atomic E-state index is 8.74. The van der Waals surface area contributed by atoms with Gasteiger partial charge in [0.2, 0.25) is 0 Å². The second-order valence-electron chi connectivity index (χ2n) is 3.45. The highest BCUT2D eigenvalue weighted by atomic mass is 14.9. The maximum atomic E-state index is 8.74. The Morgan fingerprint density at radius 2 is 2.29 bits per heavy atom. The van der Waals surface area contributed by atoms with E-state index in [-0.39, 0.29) is 0 Å². The Balaban J connectivity index is 2.77. The van der Waals surface area contributed by atoms with Crippen LogP contribution in [0.25, 0.3) is 0 Å². The Morgan fingerprint density at radius 1 is 1.57 bits per heavy atom. The molecule has 2 nitrogen and oxygen atoms in total. The van der Waals surface area contributed by atoms with Gasteiger partial charge in [0.15, 0.2) is 0 Å². The fourth-order valence-corrected chi connectivity index (χ4v) is 1.15. The largest absolute Gasteiger partial charge is 0.381 e. The van der Waals surface area contributed by atoms with Gasteiger partial charge in [-0.15, -0.1) is 0 Å². The predicted molar refractivity (Wildman–Crippen MR) is 59.2 cm³/mol. The number of benzene rings is 1. The van der Waals surface area contributed by atoms with Crippen molar-refractivity contribution < 1.29 is 0 Å². The van der Waals surface area contributed by atoms with Gasteiger partial charge in [-0.25, -0.2) is 0 Å². The summed E-state index contributed by atoms with van der Waals surface area (Å²) in [6.45, 7) is 8.49. The monoisotopic (exact) mass is 186 g/mol. The molecule has 0 bridgehead atoms. The van der Waals surface area contributed by atoms with E-state index < -0.39 is 0 Å². The molecular weight excluding hydrogens is 172 g/mol. The topological polar surface area (TPSA) is 35.8 Å². The van der Waals surface area contributed by atoms with Gasteiger partial charge in [-0.1, -0.05) is 12.2 Å². The Labute approximate surface area is 84.9 Å². The van der Waals surface area contributed by atoms with E-state index in [0.29, 0.717) is 0 Å². The molecule has 0 heterocycles. The van der Waals surface area contributed by atoms with Crippen molar-refractivity contribution in [2.24, 2.45) is 0 Å². The van der Waals surface area contributed by atoms with Gasteiger partial charge in [0.05, 0.1) is 11.6 Å². The van der Waals surface area contributed by atoms with Crippen molar-refractivity contribution in [2.45, 2.75) is 13.8 Å². The third-order valence-electron chi connectivity index (χ3n) is 1.94. The molecule has 72 valence electrons. The SMILES string of the molecule is C=C(C)CNc1ccc(C#N)c(C)c1. The Hall–Kier alpha value is -1.75. The average Bonchev–Trinajstić information content (AvgIpc) is 2.15. The summed E-state index contributed by atoms with van der Waals surface area (Å²) in [7, 11) is 0. The standard InChI is InChI=1S/C12H14N2/c1-9(2)8-14-12-5-4-11(7-13)10(3)6-12/h4-6,14H,1,8H2,2-3H3. The van der Waals surface area contributed by atoms with Crippen LogP contribution in [0, 0.1) is 18.3 Å². The lowest BCUT2D eigenvalue weighted by Crippen LogP contribution is -2.02. The van der Waals surface area contributed by atoms with Gasteiger partial charge in [0, 0.05) is 12.2 Å². The van der Waals surface area contributed by atoms with Crippen LogP contribution in [0.4, 0.5) is 5.69 Å². The second-order valence-corrected chi connectivity index (χ2v) is 3.45. The van der Waals surface area contributed by atoms with E-state index in [4.69, 9.17) is 5.26 Å². The molecule has 0 fully saturated rings. The number of nitriles is 1. The molecular formula is C12H14N2. The minimum atomic E-state index is 0.728. The summed E-state index contributed by atoms with van der Waals surface area (Å²) in [6.07, 6.45) is 0. The number of anilines is 1. The fourth-order valence-electron chi connectivity index (χ4n) is 1.15. The fraction of sp³-hybridized carbons (Fsp3) is 0.250. The van der Waals surface area contributed by atoms with Gasteiger partial charge in [-0.2, -0.15) is 5.26 Å². The number of hydrogen-bond acceptors (Lipinski definition) is 2. The lowest BCUT2D eigenvalue weighted by atomic mass is 10.1. The molecule has 1 rings (SSSR count). The molecule has 2 heteroatoms. The van der Waals surface area contributed by atoms with Crippen molar-refractivity contribution in [3.05, 3.63) is 41.5 Å². The van der Waals surface area contributed by atoms with Crippen LogP contribution in [-0.4, -0.2) is 6.54 Å². The molecule has 0 spiro atoms. The number of nitrogens with one attached hydrogen (secondary N) is 1. The lowest BCUT2D eigenvalue weighted by Gasteiger charge is -2.07. The van der Waals surface area contributed by atoms with Gasteiger partial charge in [0.25, 0.3) is 0 Å². The first-order chi connectivity index (χ1) is 6.63. The predicted octanol–water partition coefficient (Wildman–Crippen LogP) is 2.85. The van der Waals surface area contributed by atoms with E-state index in [2.05, 4.69) is 18.0 Å². The third kappa shape index (κ3) is 2.63. The summed E-state index contributed by atoms with van der Waals surface area (Å²) in [6, 6.07) is 7.86.